The average Bonchev–Trinajstić information content (AvgIpc) is 2.70. The van der Waals surface area contributed by atoms with Gasteiger partial charge < -0.3 is 9.80 Å². The maximum Gasteiger partial charge on any atom is 0.226 e. The molecule has 0 radical (unpaired) electrons. The molecule has 0 amide bonds. The molecule has 0 aliphatic carbocycles. The molecule has 0 saturated carbocycles. The van der Waals surface area contributed by atoms with Gasteiger partial charge in [0.05, 0.1) is 28.8 Å². The van der Waals surface area contributed by atoms with Crippen molar-refractivity contribution in [3.63, 3.8) is 0 Å². The van der Waals surface area contributed by atoms with E-state index in [9.17, 15) is 0 Å². The highest BCUT2D eigenvalue weighted by Crippen LogP contribution is 2.19. The lowest BCUT2D eigenvalue weighted by atomic mass is 10.2. The standard InChI is InChI=1S/C17H16ClN7/c18-13-11-21-16(22-12-13)24-7-9-25(10-8-24)17-20-6-4-15(23-17)14-3-1-2-5-19-14/h1-6,11-12H,7-10H2. The quantitative estimate of drug-likeness (QED) is 0.715. The maximum absolute atomic E-state index is 5.85. The van der Waals surface area contributed by atoms with Crippen LogP contribution in [0.1, 0.15) is 0 Å². The van der Waals surface area contributed by atoms with Gasteiger partial charge in [-0.15, -0.1) is 0 Å². The Kier molecular flexibility index (Phi) is 4.39. The van der Waals surface area contributed by atoms with Gasteiger partial charge in [0.1, 0.15) is 0 Å². The van der Waals surface area contributed by atoms with Gasteiger partial charge in [-0.05, 0) is 18.2 Å². The molecule has 25 heavy (non-hydrogen) atoms. The van der Waals surface area contributed by atoms with E-state index in [0.717, 1.165) is 43.5 Å². The summed E-state index contributed by atoms with van der Waals surface area (Å²) in [7, 11) is 0. The third-order valence-corrected chi connectivity index (χ3v) is 4.22. The zero-order chi connectivity index (χ0) is 17.1. The summed E-state index contributed by atoms with van der Waals surface area (Å²) in [6.07, 6.45) is 6.79. The van der Waals surface area contributed by atoms with Gasteiger partial charge in [-0.2, -0.15) is 0 Å². The van der Waals surface area contributed by atoms with Gasteiger partial charge in [0.25, 0.3) is 0 Å². The van der Waals surface area contributed by atoms with E-state index in [1.54, 1.807) is 24.8 Å². The monoisotopic (exact) mass is 353 g/mol. The number of rotatable bonds is 3. The number of halogens is 1. The van der Waals surface area contributed by atoms with Crippen LogP contribution in [0.2, 0.25) is 5.02 Å². The summed E-state index contributed by atoms with van der Waals surface area (Å²) in [6, 6.07) is 7.67. The zero-order valence-electron chi connectivity index (χ0n) is 13.5. The topological polar surface area (TPSA) is 70.9 Å². The van der Waals surface area contributed by atoms with Gasteiger partial charge in [0.15, 0.2) is 0 Å². The first-order valence-corrected chi connectivity index (χ1v) is 8.39. The number of pyridine rings is 1. The van der Waals surface area contributed by atoms with Crippen molar-refractivity contribution in [1.29, 1.82) is 0 Å². The van der Waals surface area contributed by atoms with Crippen LogP contribution in [0.3, 0.4) is 0 Å². The number of piperazine rings is 1. The Morgan fingerprint density at radius 2 is 1.44 bits per heavy atom. The number of nitrogens with zero attached hydrogens (tertiary/aromatic N) is 7. The van der Waals surface area contributed by atoms with Crippen molar-refractivity contribution in [3.8, 4) is 11.4 Å². The summed E-state index contributed by atoms with van der Waals surface area (Å²) in [5, 5.41) is 0.544. The van der Waals surface area contributed by atoms with E-state index in [4.69, 9.17) is 11.6 Å². The zero-order valence-corrected chi connectivity index (χ0v) is 14.2. The minimum Gasteiger partial charge on any atom is -0.337 e. The molecule has 0 aromatic carbocycles. The Bertz CT molecular complexity index is 833. The SMILES string of the molecule is Clc1cnc(N2CCN(c3nccc(-c4ccccn4)n3)CC2)nc1. The smallest absolute Gasteiger partial charge is 0.226 e. The fourth-order valence-electron chi connectivity index (χ4n) is 2.73. The Morgan fingerprint density at radius 1 is 0.720 bits per heavy atom. The predicted molar refractivity (Wildman–Crippen MR) is 96.7 cm³/mol. The Morgan fingerprint density at radius 3 is 2.12 bits per heavy atom. The molecule has 0 bridgehead atoms. The molecule has 126 valence electrons. The Labute approximate surface area is 150 Å². The highest BCUT2D eigenvalue weighted by molar-refractivity contribution is 6.30. The molecule has 0 N–H and O–H groups in total. The normalized spacial score (nSPS) is 14.6. The molecule has 4 heterocycles. The van der Waals surface area contributed by atoms with Crippen LogP contribution in [-0.2, 0) is 0 Å². The van der Waals surface area contributed by atoms with Crippen LogP contribution in [0.25, 0.3) is 11.4 Å². The van der Waals surface area contributed by atoms with Gasteiger partial charge in [0, 0.05) is 38.6 Å². The maximum atomic E-state index is 5.85. The van der Waals surface area contributed by atoms with Crippen molar-refractivity contribution in [1.82, 2.24) is 24.9 Å². The molecule has 1 fully saturated rings. The van der Waals surface area contributed by atoms with Crippen LogP contribution < -0.4 is 9.80 Å². The van der Waals surface area contributed by atoms with E-state index in [2.05, 4.69) is 34.7 Å². The van der Waals surface area contributed by atoms with Gasteiger partial charge in [-0.25, -0.2) is 19.9 Å². The van der Waals surface area contributed by atoms with E-state index in [1.807, 2.05) is 24.3 Å². The van der Waals surface area contributed by atoms with Crippen molar-refractivity contribution in [2.45, 2.75) is 0 Å². The van der Waals surface area contributed by atoms with E-state index in [0.29, 0.717) is 11.0 Å². The number of hydrogen-bond acceptors (Lipinski definition) is 7. The summed E-state index contributed by atoms with van der Waals surface area (Å²) >= 11 is 5.85. The van der Waals surface area contributed by atoms with Crippen LogP contribution >= 0.6 is 11.6 Å². The van der Waals surface area contributed by atoms with E-state index in [-0.39, 0.29) is 0 Å². The van der Waals surface area contributed by atoms with Gasteiger partial charge in [-0.1, -0.05) is 17.7 Å². The second-order valence-electron chi connectivity index (χ2n) is 5.63. The molecule has 1 aliphatic heterocycles. The van der Waals surface area contributed by atoms with Crippen molar-refractivity contribution >= 4 is 23.5 Å². The summed E-state index contributed by atoms with van der Waals surface area (Å²) in [5.41, 5.74) is 1.67. The lowest BCUT2D eigenvalue weighted by Crippen LogP contribution is -2.47. The third kappa shape index (κ3) is 3.51. The number of aromatic nitrogens is 5. The van der Waals surface area contributed by atoms with Crippen LogP contribution in [-0.4, -0.2) is 51.1 Å². The highest BCUT2D eigenvalue weighted by atomic mass is 35.5. The van der Waals surface area contributed by atoms with Crippen molar-refractivity contribution in [3.05, 3.63) is 54.1 Å². The van der Waals surface area contributed by atoms with Crippen molar-refractivity contribution < 1.29 is 0 Å². The lowest BCUT2D eigenvalue weighted by molar-refractivity contribution is 0.628. The van der Waals surface area contributed by atoms with Gasteiger partial charge >= 0.3 is 0 Å². The van der Waals surface area contributed by atoms with Gasteiger partial charge in [-0.3, -0.25) is 4.98 Å². The van der Waals surface area contributed by atoms with Crippen molar-refractivity contribution in [2.24, 2.45) is 0 Å². The summed E-state index contributed by atoms with van der Waals surface area (Å²) in [4.78, 5) is 26.3. The van der Waals surface area contributed by atoms with Crippen LogP contribution in [0, 0.1) is 0 Å². The van der Waals surface area contributed by atoms with Crippen LogP contribution in [0.4, 0.5) is 11.9 Å². The molecule has 3 aromatic rings. The Balaban J connectivity index is 1.47. The molecule has 1 saturated heterocycles. The molecule has 7 nitrogen and oxygen atoms in total. The largest absolute Gasteiger partial charge is 0.337 e. The number of anilines is 2. The molecule has 4 rings (SSSR count). The third-order valence-electron chi connectivity index (χ3n) is 4.02. The molecule has 0 spiro atoms. The first kappa shape index (κ1) is 15.7. The lowest BCUT2D eigenvalue weighted by Gasteiger charge is -2.34. The molecular weight excluding hydrogens is 338 g/mol. The number of hydrogen-bond donors (Lipinski definition) is 0. The first-order chi connectivity index (χ1) is 12.3. The predicted octanol–water partition coefficient (Wildman–Crippen LogP) is 2.31. The molecule has 8 heteroatoms. The second-order valence-corrected chi connectivity index (χ2v) is 6.07. The van der Waals surface area contributed by atoms with Crippen molar-refractivity contribution in [2.75, 3.05) is 36.0 Å². The molecule has 0 atom stereocenters. The van der Waals surface area contributed by atoms with Gasteiger partial charge in [0.2, 0.25) is 11.9 Å². The summed E-state index contributed by atoms with van der Waals surface area (Å²) in [5.74, 6) is 1.42. The fraction of sp³-hybridized carbons (Fsp3) is 0.235. The fourth-order valence-corrected chi connectivity index (χ4v) is 2.83. The van der Waals surface area contributed by atoms with Crippen LogP contribution in [0.15, 0.2) is 49.1 Å². The molecule has 3 aromatic heterocycles. The molecule has 1 aliphatic rings. The first-order valence-electron chi connectivity index (χ1n) is 8.01. The molecular formula is C17H16ClN7. The minimum atomic E-state index is 0.544. The average molecular weight is 354 g/mol. The van der Waals surface area contributed by atoms with E-state index in [1.165, 1.54) is 0 Å². The Hall–Kier alpha value is -2.80. The molecule has 0 unspecified atom stereocenters. The summed E-state index contributed by atoms with van der Waals surface area (Å²) < 4.78 is 0. The van der Waals surface area contributed by atoms with E-state index < -0.39 is 0 Å². The summed E-state index contributed by atoms with van der Waals surface area (Å²) in [6.45, 7) is 3.22. The van der Waals surface area contributed by atoms with E-state index >= 15 is 0 Å². The van der Waals surface area contributed by atoms with Crippen LogP contribution in [0.5, 0.6) is 0 Å². The minimum absolute atomic E-state index is 0.544. The highest BCUT2D eigenvalue weighted by Gasteiger charge is 2.21. The second kappa shape index (κ2) is 6.98.